The van der Waals surface area contributed by atoms with Crippen molar-refractivity contribution >= 4 is 8.32 Å². The molecule has 1 rings (SSSR count). The van der Waals surface area contributed by atoms with Crippen molar-refractivity contribution in [1.82, 2.24) is 0 Å². The molecule has 1 nitrogen and oxygen atoms in total. The molecule has 1 aromatic carbocycles. The predicted octanol–water partition coefficient (Wildman–Crippen LogP) is 7.00. The minimum Gasteiger partial charge on any atom is -0.410 e. The molecule has 24 heavy (non-hydrogen) atoms. The lowest BCUT2D eigenvalue weighted by Gasteiger charge is -2.36. The van der Waals surface area contributed by atoms with Crippen LogP contribution >= 0.6 is 0 Å². The fourth-order valence-electron chi connectivity index (χ4n) is 3.50. The summed E-state index contributed by atoms with van der Waals surface area (Å²) in [6.07, 6.45) is 6.12. The number of rotatable bonds is 11. The van der Waals surface area contributed by atoms with Crippen molar-refractivity contribution in [3.63, 3.8) is 0 Å². The lowest BCUT2D eigenvalue weighted by atomic mass is 9.94. The van der Waals surface area contributed by atoms with Gasteiger partial charge in [-0.25, -0.2) is 0 Å². The maximum absolute atomic E-state index is 6.87. The number of aryl methyl sites for hydroxylation is 1. The van der Waals surface area contributed by atoms with E-state index in [0.717, 1.165) is 12.8 Å². The molecular formula is C22H38OSi. The molecule has 2 heteroatoms. The standard InChI is InChI=1S/C22H38OSi/c1-7-21(18-14-17-20-15-12-11-13-16-20)22(19(5)6)23-24(8-2,9-3)10-4/h7,11-13,15-16,19,22H,8-10,14,17-18H2,1-6H3/b21-7+/t22-/m0/s1. The Balaban J connectivity index is 2.73. The average molecular weight is 347 g/mol. The van der Waals surface area contributed by atoms with E-state index in [1.165, 1.54) is 35.7 Å². The number of allylic oxidation sites excluding steroid dienone is 1. The predicted molar refractivity (Wildman–Crippen MR) is 110 cm³/mol. The van der Waals surface area contributed by atoms with Crippen LogP contribution < -0.4 is 0 Å². The van der Waals surface area contributed by atoms with Gasteiger partial charge in [0.05, 0.1) is 6.10 Å². The Morgan fingerprint density at radius 1 is 1.04 bits per heavy atom. The first kappa shape index (κ1) is 21.2. The molecule has 0 aliphatic heterocycles. The van der Waals surface area contributed by atoms with Gasteiger partial charge in [-0.05, 0) is 61.4 Å². The zero-order valence-electron chi connectivity index (χ0n) is 16.8. The summed E-state index contributed by atoms with van der Waals surface area (Å²) in [4.78, 5) is 0. The number of hydrogen-bond acceptors (Lipinski definition) is 1. The van der Waals surface area contributed by atoms with Crippen LogP contribution in [0.5, 0.6) is 0 Å². The molecule has 0 unspecified atom stereocenters. The fourth-order valence-corrected chi connectivity index (χ4v) is 6.46. The Kier molecular flexibility index (Phi) is 9.61. The summed E-state index contributed by atoms with van der Waals surface area (Å²) in [5, 5.41) is 0. The fraction of sp³-hybridized carbons (Fsp3) is 0.636. The Hall–Kier alpha value is -0.863. The summed E-state index contributed by atoms with van der Waals surface area (Å²) in [5.74, 6) is 0.546. The van der Waals surface area contributed by atoms with Crippen molar-refractivity contribution in [3.05, 3.63) is 47.5 Å². The first-order valence-electron chi connectivity index (χ1n) is 9.88. The Morgan fingerprint density at radius 2 is 1.62 bits per heavy atom. The second-order valence-electron chi connectivity index (χ2n) is 7.23. The van der Waals surface area contributed by atoms with E-state index in [4.69, 9.17) is 4.43 Å². The monoisotopic (exact) mass is 346 g/mol. The smallest absolute Gasteiger partial charge is 0.192 e. The van der Waals surface area contributed by atoms with E-state index < -0.39 is 8.32 Å². The van der Waals surface area contributed by atoms with Crippen LogP contribution in [-0.4, -0.2) is 14.4 Å². The van der Waals surface area contributed by atoms with E-state index in [0.29, 0.717) is 12.0 Å². The largest absolute Gasteiger partial charge is 0.410 e. The summed E-state index contributed by atoms with van der Waals surface area (Å²) in [6.45, 7) is 13.8. The molecule has 0 N–H and O–H groups in total. The van der Waals surface area contributed by atoms with Gasteiger partial charge in [-0.15, -0.1) is 0 Å². The summed E-state index contributed by atoms with van der Waals surface area (Å²) >= 11 is 0. The molecule has 0 amide bonds. The van der Waals surface area contributed by atoms with Crippen LogP contribution in [0.25, 0.3) is 0 Å². The molecule has 0 radical (unpaired) electrons. The van der Waals surface area contributed by atoms with Gasteiger partial charge in [0, 0.05) is 0 Å². The molecule has 1 atom stereocenters. The van der Waals surface area contributed by atoms with Crippen LogP contribution in [0.2, 0.25) is 18.1 Å². The Morgan fingerprint density at radius 3 is 2.08 bits per heavy atom. The van der Waals surface area contributed by atoms with Crippen molar-refractivity contribution in [2.45, 2.75) is 85.0 Å². The molecule has 0 aliphatic carbocycles. The van der Waals surface area contributed by atoms with E-state index in [-0.39, 0.29) is 0 Å². The topological polar surface area (TPSA) is 9.23 Å². The highest BCUT2D eigenvalue weighted by Crippen LogP contribution is 2.30. The van der Waals surface area contributed by atoms with Crippen molar-refractivity contribution in [3.8, 4) is 0 Å². The molecule has 0 saturated carbocycles. The Labute approximate surface area is 151 Å². The van der Waals surface area contributed by atoms with Gasteiger partial charge in [0.1, 0.15) is 0 Å². The van der Waals surface area contributed by atoms with Crippen molar-refractivity contribution in [1.29, 1.82) is 0 Å². The van der Waals surface area contributed by atoms with E-state index >= 15 is 0 Å². The van der Waals surface area contributed by atoms with E-state index in [9.17, 15) is 0 Å². The first-order chi connectivity index (χ1) is 11.5. The third-order valence-corrected chi connectivity index (χ3v) is 10.0. The maximum Gasteiger partial charge on any atom is 0.192 e. The normalized spacial score (nSPS) is 14.2. The van der Waals surface area contributed by atoms with Gasteiger partial charge >= 0.3 is 0 Å². The van der Waals surface area contributed by atoms with E-state index in [2.05, 4.69) is 78.0 Å². The third kappa shape index (κ3) is 6.21. The lowest BCUT2D eigenvalue weighted by molar-refractivity contribution is 0.167. The average Bonchev–Trinajstić information content (AvgIpc) is 2.62. The molecule has 1 aromatic rings. The van der Waals surface area contributed by atoms with Gasteiger partial charge in [0.25, 0.3) is 0 Å². The quantitative estimate of drug-likeness (QED) is 0.309. The molecule has 0 saturated heterocycles. The van der Waals surface area contributed by atoms with Crippen LogP contribution in [0.3, 0.4) is 0 Å². The SMILES string of the molecule is C/C=C(\CCCc1ccccc1)[C@@H](O[Si](CC)(CC)CC)C(C)C. The zero-order valence-corrected chi connectivity index (χ0v) is 17.8. The molecule has 0 aromatic heterocycles. The zero-order chi connectivity index (χ0) is 18.0. The highest BCUT2D eigenvalue weighted by atomic mass is 28.4. The molecule has 136 valence electrons. The van der Waals surface area contributed by atoms with Crippen molar-refractivity contribution < 1.29 is 4.43 Å². The van der Waals surface area contributed by atoms with Crippen LogP contribution in [0.15, 0.2) is 42.0 Å². The highest BCUT2D eigenvalue weighted by molar-refractivity contribution is 6.73. The minimum absolute atomic E-state index is 0.303. The van der Waals surface area contributed by atoms with Gasteiger partial charge < -0.3 is 4.43 Å². The molecule has 0 aliphatic rings. The van der Waals surface area contributed by atoms with Gasteiger partial charge in [-0.2, -0.15) is 0 Å². The molecule has 0 fully saturated rings. The summed E-state index contributed by atoms with van der Waals surface area (Å²) in [6, 6.07) is 14.5. The van der Waals surface area contributed by atoms with Crippen molar-refractivity contribution in [2.24, 2.45) is 5.92 Å². The van der Waals surface area contributed by atoms with Crippen molar-refractivity contribution in [2.75, 3.05) is 0 Å². The summed E-state index contributed by atoms with van der Waals surface area (Å²) < 4.78 is 6.87. The van der Waals surface area contributed by atoms with Crippen LogP contribution in [-0.2, 0) is 10.8 Å². The summed E-state index contributed by atoms with van der Waals surface area (Å²) in [7, 11) is -1.57. The first-order valence-corrected chi connectivity index (χ1v) is 12.4. The van der Waals surface area contributed by atoms with Gasteiger partial charge in [-0.3, -0.25) is 0 Å². The maximum atomic E-state index is 6.87. The van der Waals surface area contributed by atoms with Gasteiger partial charge in [0.15, 0.2) is 8.32 Å². The third-order valence-electron chi connectivity index (χ3n) is 5.43. The molecule has 0 spiro atoms. The summed E-state index contributed by atoms with van der Waals surface area (Å²) in [5.41, 5.74) is 2.95. The second kappa shape index (κ2) is 10.9. The lowest BCUT2D eigenvalue weighted by Crippen LogP contribution is -2.42. The minimum atomic E-state index is -1.57. The Bertz CT molecular complexity index is 466. The van der Waals surface area contributed by atoms with Crippen LogP contribution in [0, 0.1) is 5.92 Å². The van der Waals surface area contributed by atoms with Gasteiger partial charge in [0.2, 0.25) is 0 Å². The second-order valence-corrected chi connectivity index (χ2v) is 12.0. The molecule has 0 bridgehead atoms. The van der Waals surface area contributed by atoms with Gasteiger partial charge in [-0.1, -0.05) is 71.0 Å². The van der Waals surface area contributed by atoms with Crippen LogP contribution in [0.4, 0.5) is 0 Å². The molecular weight excluding hydrogens is 308 g/mol. The number of hydrogen-bond donors (Lipinski definition) is 0. The van der Waals surface area contributed by atoms with E-state index in [1.807, 2.05) is 0 Å². The van der Waals surface area contributed by atoms with Crippen LogP contribution in [0.1, 0.15) is 59.9 Å². The number of benzene rings is 1. The molecule has 0 heterocycles. The highest BCUT2D eigenvalue weighted by Gasteiger charge is 2.34. The van der Waals surface area contributed by atoms with E-state index in [1.54, 1.807) is 0 Å².